The van der Waals surface area contributed by atoms with E-state index in [0.29, 0.717) is 36.1 Å². The van der Waals surface area contributed by atoms with Gasteiger partial charge in [0, 0.05) is 20.1 Å². The molecule has 0 bridgehead atoms. The fraction of sp³-hybridized carbons (Fsp3) is 0.350. The number of nitrogens with zero attached hydrogens (tertiary/aromatic N) is 1. The first-order chi connectivity index (χ1) is 12.6. The van der Waals surface area contributed by atoms with E-state index in [1.165, 1.54) is 0 Å². The maximum Gasteiger partial charge on any atom is 0.191 e. The lowest BCUT2D eigenvalue weighted by atomic mass is 10.1. The number of benzene rings is 2. The summed E-state index contributed by atoms with van der Waals surface area (Å²) < 4.78 is 24.2. The van der Waals surface area contributed by atoms with Gasteiger partial charge >= 0.3 is 0 Å². The van der Waals surface area contributed by atoms with Gasteiger partial charge in [0.2, 0.25) is 0 Å². The quantitative estimate of drug-likeness (QED) is 0.356. The van der Waals surface area contributed by atoms with Crippen molar-refractivity contribution < 1.29 is 13.9 Å². The topological polar surface area (TPSA) is 54.9 Å². The average molecular weight is 487 g/mol. The van der Waals surface area contributed by atoms with Gasteiger partial charge in [0.15, 0.2) is 17.5 Å². The van der Waals surface area contributed by atoms with Gasteiger partial charge in [-0.15, -0.1) is 24.0 Å². The van der Waals surface area contributed by atoms with Gasteiger partial charge in [0.25, 0.3) is 0 Å². The van der Waals surface area contributed by atoms with E-state index in [1.807, 2.05) is 24.3 Å². The third-order valence-electron chi connectivity index (χ3n) is 4.07. The Morgan fingerprint density at radius 3 is 2.33 bits per heavy atom. The molecule has 0 fully saturated rings. The van der Waals surface area contributed by atoms with Gasteiger partial charge in [-0.25, -0.2) is 4.39 Å². The Kier molecular flexibility index (Phi) is 9.92. The first-order valence-corrected chi connectivity index (χ1v) is 8.47. The Hall–Kier alpha value is -2.03. The molecule has 0 aliphatic carbocycles. The molecule has 0 aliphatic rings. The molecule has 2 aromatic carbocycles. The number of methoxy groups -OCH3 is 2. The molecule has 0 saturated carbocycles. The SMILES string of the molecule is CN=C(NCCc1ccc(OC)c(OC)c1)NCc1ccc(C)c(F)c1.I. The first kappa shape index (κ1) is 23.0. The van der Waals surface area contributed by atoms with E-state index in [9.17, 15) is 4.39 Å². The number of guanidine groups is 1. The van der Waals surface area contributed by atoms with Crippen molar-refractivity contribution >= 4 is 29.9 Å². The highest BCUT2D eigenvalue weighted by Crippen LogP contribution is 2.27. The number of ether oxygens (including phenoxy) is 2. The van der Waals surface area contributed by atoms with E-state index in [4.69, 9.17) is 9.47 Å². The number of aryl methyl sites for hydroxylation is 1. The summed E-state index contributed by atoms with van der Waals surface area (Å²) >= 11 is 0. The summed E-state index contributed by atoms with van der Waals surface area (Å²) in [6.07, 6.45) is 0.806. The molecule has 0 heterocycles. The van der Waals surface area contributed by atoms with Crippen LogP contribution in [-0.2, 0) is 13.0 Å². The van der Waals surface area contributed by atoms with Crippen LogP contribution in [0.3, 0.4) is 0 Å². The normalized spacial score (nSPS) is 10.8. The lowest BCUT2D eigenvalue weighted by Gasteiger charge is -2.13. The Morgan fingerprint density at radius 2 is 1.70 bits per heavy atom. The molecule has 0 spiro atoms. The zero-order chi connectivity index (χ0) is 18.9. The molecule has 0 atom stereocenters. The van der Waals surface area contributed by atoms with Crippen LogP contribution in [0.25, 0.3) is 0 Å². The van der Waals surface area contributed by atoms with Crippen molar-refractivity contribution in [3.05, 3.63) is 58.9 Å². The summed E-state index contributed by atoms with van der Waals surface area (Å²) in [5.41, 5.74) is 2.65. The average Bonchev–Trinajstić information content (AvgIpc) is 2.66. The molecule has 2 rings (SSSR count). The van der Waals surface area contributed by atoms with Crippen LogP contribution in [-0.4, -0.2) is 33.8 Å². The van der Waals surface area contributed by atoms with Crippen LogP contribution in [0.2, 0.25) is 0 Å². The van der Waals surface area contributed by atoms with Crippen LogP contribution in [0.15, 0.2) is 41.4 Å². The van der Waals surface area contributed by atoms with E-state index in [-0.39, 0.29) is 29.8 Å². The van der Waals surface area contributed by atoms with Crippen molar-refractivity contribution in [3.63, 3.8) is 0 Å². The Balaban J connectivity index is 0.00000364. The Morgan fingerprint density at radius 1 is 1.00 bits per heavy atom. The van der Waals surface area contributed by atoms with Crippen LogP contribution < -0.4 is 20.1 Å². The third-order valence-corrected chi connectivity index (χ3v) is 4.07. The summed E-state index contributed by atoms with van der Waals surface area (Å²) in [4.78, 5) is 4.19. The van der Waals surface area contributed by atoms with Gasteiger partial charge in [0.05, 0.1) is 14.2 Å². The molecule has 0 unspecified atom stereocenters. The van der Waals surface area contributed by atoms with Crippen molar-refractivity contribution in [2.24, 2.45) is 4.99 Å². The Labute approximate surface area is 177 Å². The maximum atomic E-state index is 13.6. The second-order valence-corrected chi connectivity index (χ2v) is 5.88. The molecular formula is C20H27FIN3O2. The predicted molar refractivity (Wildman–Crippen MR) is 118 cm³/mol. The third kappa shape index (κ3) is 6.89. The van der Waals surface area contributed by atoms with Crippen molar-refractivity contribution in [2.75, 3.05) is 27.8 Å². The molecular weight excluding hydrogens is 460 g/mol. The monoisotopic (exact) mass is 487 g/mol. The summed E-state index contributed by atoms with van der Waals surface area (Å²) in [6, 6.07) is 11.1. The highest BCUT2D eigenvalue weighted by Gasteiger charge is 2.05. The van der Waals surface area contributed by atoms with E-state index in [0.717, 1.165) is 17.5 Å². The number of hydrogen-bond donors (Lipinski definition) is 2. The van der Waals surface area contributed by atoms with Crippen LogP contribution in [0, 0.1) is 12.7 Å². The van der Waals surface area contributed by atoms with Gasteiger partial charge < -0.3 is 20.1 Å². The summed E-state index contributed by atoms with van der Waals surface area (Å²) in [7, 11) is 4.95. The highest BCUT2D eigenvalue weighted by molar-refractivity contribution is 14.0. The molecule has 0 amide bonds. The smallest absolute Gasteiger partial charge is 0.191 e. The molecule has 5 nitrogen and oxygen atoms in total. The zero-order valence-corrected chi connectivity index (χ0v) is 18.5. The van der Waals surface area contributed by atoms with E-state index >= 15 is 0 Å². The summed E-state index contributed by atoms with van der Waals surface area (Å²) in [5.74, 6) is 1.91. The second-order valence-electron chi connectivity index (χ2n) is 5.88. The fourth-order valence-electron chi connectivity index (χ4n) is 2.51. The standard InChI is InChI=1S/C20H26FN3O2.HI/c1-14-5-6-16(11-17(14)21)13-24-20(22-2)23-10-9-15-7-8-18(25-3)19(12-15)26-4;/h5-8,11-12H,9-10,13H2,1-4H3,(H2,22,23,24);1H. The molecule has 0 aliphatic heterocycles. The molecule has 0 radical (unpaired) electrons. The number of rotatable bonds is 7. The minimum Gasteiger partial charge on any atom is -0.493 e. The molecule has 2 aromatic rings. The van der Waals surface area contributed by atoms with Gasteiger partial charge in [-0.2, -0.15) is 0 Å². The summed E-state index contributed by atoms with van der Waals surface area (Å²) in [6.45, 7) is 2.96. The van der Waals surface area contributed by atoms with Crippen molar-refractivity contribution in [1.29, 1.82) is 0 Å². The molecule has 2 N–H and O–H groups in total. The van der Waals surface area contributed by atoms with Crippen LogP contribution in [0.4, 0.5) is 4.39 Å². The van der Waals surface area contributed by atoms with E-state index in [1.54, 1.807) is 40.3 Å². The largest absolute Gasteiger partial charge is 0.493 e. The molecule has 0 saturated heterocycles. The van der Waals surface area contributed by atoms with Crippen molar-refractivity contribution in [1.82, 2.24) is 10.6 Å². The molecule has 148 valence electrons. The predicted octanol–water partition coefficient (Wildman–Crippen LogP) is 3.68. The lowest BCUT2D eigenvalue weighted by molar-refractivity contribution is 0.354. The number of hydrogen-bond acceptors (Lipinski definition) is 3. The minimum absolute atomic E-state index is 0. The molecule has 0 aromatic heterocycles. The van der Waals surface area contributed by atoms with Crippen molar-refractivity contribution in [3.8, 4) is 11.5 Å². The second kappa shape index (κ2) is 11.6. The highest BCUT2D eigenvalue weighted by atomic mass is 127. The number of halogens is 2. The Bertz CT molecular complexity index is 769. The van der Waals surface area contributed by atoms with Gasteiger partial charge in [-0.1, -0.05) is 18.2 Å². The van der Waals surface area contributed by atoms with Gasteiger partial charge in [0.1, 0.15) is 5.82 Å². The van der Waals surface area contributed by atoms with Crippen LogP contribution >= 0.6 is 24.0 Å². The van der Waals surface area contributed by atoms with Gasteiger partial charge in [-0.3, -0.25) is 4.99 Å². The van der Waals surface area contributed by atoms with Crippen LogP contribution in [0.5, 0.6) is 11.5 Å². The van der Waals surface area contributed by atoms with Crippen LogP contribution in [0.1, 0.15) is 16.7 Å². The maximum absolute atomic E-state index is 13.6. The van der Waals surface area contributed by atoms with E-state index in [2.05, 4.69) is 15.6 Å². The van der Waals surface area contributed by atoms with E-state index < -0.39 is 0 Å². The fourth-order valence-corrected chi connectivity index (χ4v) is 2.51. The van der Waals surface area contributed by atoms with Crippen molar-refractivity contribution in [2.45, 2.75) is 19.9 Å². The zero-order valence-electron chi connectivity index (χ0n) is 16.1. The molecule has 27 heavy (non-hydrogen) atoms. The van der Waals surface area contributed by atoms with Gasteiger partial charge in [-0.05, 0) is 48.2 Å². The summed E-state index contributed by atoms with van der Waals surface area (Å²) in [5, 5.41) is 6.44. The minimum atomic E-state index is -0.194. The number of aliphatic imine (C=N–C) groups is 1. The molecule has 7 heteroatoms. The first-order valence-electron chi connectivity index (χ1n) is 8.47. The lowest BCUT2D eigenvalue weighted by Crippen LogP contribution is -2.37. The number of nitrogens with one attached hydrogen (secondary N) is 2.